The summed E-state index contributed by atoms with van der Waals surface area (Å²) in [6.07, 6.45) is 1.12. The van der Waals surface area contributed by atoms with Crippen LogP contribution in [0.4, 0.5) is 11.4 Å². The van der Waals surface area contributed by atoms with Crippen LogP contribution in [-0.2, 0) is 6.42 Å². The van der Waals surface area contributed by atoms with E-state index in [-0.39, 0.29) is 0 Å². The third-order valence-corrected chi connectivity index (χ3v) is 5.13. The van der Waals surface area contributed by atoms with Crippen molar-refractivity contribution in [1.82, 2.24) is 0 Å². The second-order valence-corrected chi connectivity index (χ2v) is 6.91. The lowest BCUT2D eigenvalue weighted by Gasteiger charge is -2.24. The second kappa shape index (κ2) is 5.58. The topological polar surface area (TPSA) is 29.3 Å². The molecule has 0 amide bonds. The lowest BCUT2D eigenvalue weighted by molar-refractivity contribution is 0.815. The molecule has 1 unspecified atom stereocenters. The van der Waals surface area contributed by atoms with E-state index >= 15 is 0 Å². The van der Waals surface area contributed by atoms with E-state index in [1.165, 1.54) is 10.5 Å². The first-order valence-corrected chi connectivity index (χ1v) is 7.90. The predicted octanol–water partition coefficient (Wildman–Crippen LogP) is 4.08. The Bertz CT molecular complexity index is 605. The summed E-state index contributed by atoms with van der Waals surface area (Å²) in [7, 11) is 2.07. The zero-order chi connectivity index (χ0) is 14.1. The average Bonchev–Trinajstić information content (AvgIpc) is 2.83. The van der Waals surface area contributed by atoms with Gasteiger partial charge in [0, 0.05) is 28.8 Å². The van der Waals surface area contributed by atoms with Crippen molar-refractivity contribution in [2.45, 2.75) is 16.6 Å². The molecule has 2 aromatic carbocycles. The number of fused-ring (bicyclic) bond motifs is 1. The molecule has 0 saturated heterocycles. The zero-order valence-electron chi connectivity index (χ0n) is 11.3. The van der Waals surface area contributed by atoms with Crippen molar-refractivity contribution in [3.63, 3.8) is 0 Å². The number of halogens is 1. The lowest BCUT2D eigenvalue weighted by Crippen LogP contribution is -2.27. The fourth-order valence-electron chi connectivity index (χ4n) is 2.61. The van der Waals surface area contributed by atoms with Crippen LogP contribution in [0.15, 0.2) is 47.4 Å². The van der Waals surface area contributed by atoms with Crippen LogP contribution in [0.5, 0.6) is 0 Å². The number of anilines is 2. The van der Waals surface area contributed by atoms with E-state index in [4.69, 9.17) is 17.3 Å². The van der Waals surface area contributed by atoms with Crippen LogP contribution in [-0.4, -0.2) is 18.8 Å². The normalized spacial score (nSPS) is 17.0. The van der Waals surface area contributed by atoms with Gasteiger partial charge in [0.1, 0.15) is 0 Å². The van der Waals surface area contributed by atoms with E-state index in [2.05, 4.69) is 36.2 Å². The average molecular weight is 305 g/mol. The molecule has 0 radical (unpaired) electrons. The molecule has 1 heterocycles. The summed E-state index contributed by atoms with van der Waals surface area (Å²) in [5, 5.41) is 1.29. The first-order valence-electron chi connectivity index (χ1n) is 6.64. The smallest absolute Gasteiger partial charge is 0.0612 e. The Morgan fingerprint density at radius 3 is 2.90 bits per heavy atom. The quantitative estimate of drug-likeness (QED) is 0.867. The summed E-state index contributed by atoms with van der Waals surface area (Å²) in [6.45, 7) is 0.962. The summed E-state index contributed by atoms with van der Waals surface area (Å²) in [4.78, 5) is 3.61. The molecule has 0 aliphatic carbocycles. The molecule has 1 atom stereocenters. The van der Waals surface area contributed by atoms with Gasteiger partial charge in [0.15, 0.2) is 0 Å². The third-order valence-electron chi connectivity index (χ3n) is 3.60. The number of benzene rings is 2. The molecular weight excluding hydrogens is 288 g/mol. The molecule has 2 N–H and O–H groups in total. The molecule has 20 heavy (non-hydrogen) atoms. The maximum atomic E-state index is 6.06. The third kappa shape index (κ3) is 2.74. The minimum Gasteiger partial charge on any atom is -0.397 e. The van der Waals surface area contributed by atoms with Crippen molar-refractivity contribution in [2.24, 2.45) is 0 Å². The van der Waals surface area contributed by atoms with Gasteiger partial charge in [-0.2, -0.15) is 0 Å². The number of nitrogen functional groups attached to an aromatic ring is 1. The molecule has 0 spiro atoms. The standard InChI is InChI=1S/C16H17ClN2S/c1-19(15-9-12(17)6-7-14(15)18)10-13-8-11-4-2-3-5-16(11)20-13/h2-7,9,13H,8,10,18H2,1H3. The number of thioether (sulfide) groups is 1. The minimum atomic E-state index is 0.566. The molecule has 0 fully saturated rings. The fraction of sp³-hybridized carbons (Fsp3) is 0.250. The van der Waals surface area contributed by atoms with Gasteiger partial charge in [0.05, 0.1) is 11.4 Å². The SMILES string of the molecule is CN(CC1Cc2ccccc2S1)c1cc(Cl)ccc1N. The summed E-state index contributed by atoms with van der Waals surface area (Å²) in [5.41, 5.74) is 9.28. The predicted molar refractivity (Wildman–Crippen MR) is 88.9 cm³/mol. The van der Waals surface area contributed by atoms with Gasteiger partial charge in [-0.25, -0.2) is 0 Å². The lowest BCUT2D eigenvalue weighted by atomic mass is 10.1. The maximum absolute atomic E-state index is 6.06. The van der Waals surface area contributed by atoms with Gasteiger partial charge in [0.25, 0.3) is 0 Å². The maximum Gasteiger partial charge on any atom is 0.0612 e. The molecule has 1 aliphatic rings. The molecule has 0 bridgehead atoms. The molecule has 3 rings (SSSR count). The van der Waals surface area contributed by atoms with Crippen LogP contribution in [0.2, 0.25) is 5.02 Å². The van der Waals surface area contributed by atoms with E-state index in [0.29, 0.717) is 5.25 Å². The first-order chi connectivity index (χ1) is 9.63. The Labute approximate surface area is 128 Å². The van der Waals surface area contributed by atoms with E-state index in [1.54, 1.807) is 0 Å². The Balaban J connectivity index is 1.72. The highest BCUT2D eigenvalue weighted by atomic mass is 35.5. The highest BCUT2D eigenvalue weighted by Crippen LogP contribution is 2.38. The number of hydrogen-bond donors (Lipinski definition) is 1. The summed E-state index contributed by atoms with van der Waals surface area (Å²) in [6, 6.07) is 14.3. The van der Waals surface area contributed by atoms with Crippen molar-refractivity contribution in [3.05, 3.63) is 53.1 Å². The monoisotopic (exact) mass is 304 g/mol. The molecule has 4 heteroatoms. The van der Waals surface area contributed by atoms with Crippen molar-refractivity contribution in [3.8, 4) is 0 Å². The van der Waals surface area contributed by atoms with Crippen LogP contribution in [0.3, 0.4) is 0 Å². The van der Waals surface area contributed by atoms with Gasteiger partial charge in [0.2, 0.25) is 0 Å². The van der Waals surface area contributed by atoms with Crippen LogP contribution < -0.4 is 10.6 Å². The Hall–Kier alpha value is -1.32. The largest absolute Gasteiger partial charge is 0.397 e. The van der Waals surface area contributed by atoms with Crippen molar-refractivity contribution in [1.29, 1.82) is 0 Å². The summed E-state index contributed by atoms with van der Waals surface area (Å²) in [5.74, 6) is 0. The van der Waals surface area contributed by atoms with E-state index in [9.17, 15) is 0 Å². The van der Waals surface area contributed by atoms with Crippen LogP contribution >= 0.6 is 23.4 Å². The Morgan fingerprint density at radius 2 is 2.10 bits per heavy atom. The first kappa shape index (κ1) is 13.7. The number of rotatable bonds is 3. The molecule has 0 aromatic heterocycles. The van der Waals surface area contributed by atoms with Gasteiger partial charge < -0.3 is 10.6 Å². The molecular formula is C16H17ClN2S. The highest BCUT2D eigenvalue weighted by molar-refractivity contribution is 8.00. The summed E-state index contributed by atoms with van der Waals surface area (Å²) < 4.78 is 0. The molecule has 1 aliphatic heterocycles. The van der Waals surface area contributed by atoms with Crippen LogP contribution in [0.25, 0.3) is 0 Å². The number of hydrogen-bond acceptors (Lipinski definition) is 3. The molecule has 104 valence electrons. The van der Waals surface area contributed by atoms with Crippen molar-refractivity contribution in [2.75, 3.05) is 24.2 Å². The van der Waals surface area contributed by atoms with Gasteiger partial charge >= 0.3 is 0 Å². The van der Waals surface area contributed by atoms with E-state index in [1.807, 2.05) is 30.0 Å². The molecule has 2 aromatic rings. The second-order valence-electron chi connectivity index (χ2n) is 5.14. The Kier molecular flexibility index (Phi) is 3.81. The van der Waals surface area contributed by atoms with Gasteiger partial charge in [-0.05, 0) is 36.2 Å². The van der Waals surface area contributed by atoms with Crippen LogP contribution in [0, 0.1) is 0 Å². The summed E-state index contributed by atoms with van der Waals surface area (Å²) >= 11 is 8.02. The number of nitrogens with two attached hydrogens (primary N) is 1. The Morgan fingerprint density at radius 1 is 1.30 bits per heavy atom. The van der Waals surface area contributed by atoms with Crippen molar-refractivity contribution >= 4 is 34.7 Å². The van der Waals surface area contributed by atoms with Gasteiger partial charge in [-0.3, -0.25) is 0 Å². The van der Waals surface area contributed by atoms with Crippen molar-refractivity contribution < 1.29 is 0 Å². The van der Waals surface area contributed by atoms with E-state index in [0.717, 1.165) is 29.4 Å². The fourth-order valence-corrected chi connectivity index (χ4v) is 4.15. The van der Waals surface area contributed by atoms with E-state index < -0.39 is 0 Å². The molecule has 2 nitrogen and oxygen atoms in total. The van der Waals surface area contributed by atoms with Gasteiger partial charge in [-0.1, -0.05) is 29.8 Å². The van der Waals surface area contributed by atoms with Gasteiger partial charge in [-0.15, -0.1) is 11.8 Å². The zero-order valence-corrected chi connectivity index (χ0v) is 12.9. The highest BCUT2D eigenvalue weighted by Gasteiger charge is 2.23. The number of nitrogens with zero attached hydrogens (tertiary/aromatic N) is 1. The minimum absolute atomic E-state index is 0.566. The molecule has 0 saturated carbocycles. The van der Waals surface area contributed by atoms with Crippen LogP contribution in [0.1, 0.15) is 5.56 Å².